The SMILES string of the molecule is O=C(/C=C/c1ccc(Cl)c(C(F)(F)F)c1)N1CCOC2CCCCC21. The van der Waals surface area contributed by atoms with Gasteiger partial charge in [-0.2, -0.15) is 13.2 Å². The molecule has 0 bridgehead atoms. The van der Waals surface area contributed by atoms with Gasteiger partial charge in [0.25, 0.3) is 0 Å². The van der Waals surface area contributed by atoms with E-state index >= 15 is 0 Å². The number of hydrogen-bond acceptors (Lipinski definition) is 2. The van der Waals surface area contributed by atoms with Gasteiger partial charge in [0.2, 0.25) is 5.91 Å². The van der Waals surface area contributed by atoms with Gasteiger partial charge in [-0.05, 0) is 36.6 Å². The van der Waals surface area contributed by atoms with Crippen LogP contribution in [0.25, 0.3) is 6.08 Å². The van der Waals surface area contributed by atoms with Crippen LogP contribution in [0, 0.1) is 0 Å². The van der Waals surface area contributed by atoms with Crippen molar-refractivity contribution in [3.05, 3.63) is 40.4 Å². The molecule has 1 aliphatic heterocycles. The molecule has 1 amide bonds. The Morgan fingerprint density at radius 1 is 1.28 bits per heavy atom. The summed E-state index contributed by atoms with van der Waals surface area (Å²) in [7, 11) is 0. The third kappa shape index (κ3) is 4.18. The largest absolute Gasteiger partial charge is 0.417 e. The first-order chi connectivity index (χ1) is 11.9. The summed E-state index contributed by atoms with van der Waals surface area (Å²) in [6.45, 7) is 1.01. The molecular formula is C18H19ClF3NO2. The summed E-state index contributed by atoms with van der Waals surface area (Å²) in [5, 5.41) is -0.353. The first kappa shape index (κ1) is 18.3. The van der Waals surface area contributed by atoms with Crippen LogP contribution in [0.5, 0.6) is 0 Å². The number of alkyl halides is 3. The van der Waals surface area contributed by atoms with Crippen molar-refractivity contribution >= 4 is 23.6 Å². The number of hydrogen-bond donors (Lipinski definition) is 0. The zero-order chi connectivity index (χ0) is 18.0. The van der Waals surface area contributed by atoms with Gasteiger partial charge in [0.05, 0.1) is 29.3 Å². The van der Waals surface area contributed by atoms with E-state index in [0.29, 0.717) is 18.7 Å². The Kier molecular flexibility index (Phi) is 5.39. The summed E-state index contributed by atoms with van der Waals surface area (Å²) in [6, 6.07) is 3.68. The van der Waals surface area contributed by atoms with Crippen molar-refractivity contribution in [3.8, 4) is 0 Å². The van der Waals surface area contributed by atoms with Crippen molar-refractivity contribution in [3.63, 3.8) is 0 Å². The molecule has 0 N–H and O–H groups in total. The van der Waals surface area contributed by atoms with E-state index in [1.807, 2.05) is 0 Å². The average molecular weight is 374 g/mol. The molecule has 2 atom stereocenters. The van der Waals surface area contributed by atoms with Crippen LogP contribution in [-0.4, -0.2) is 36.1 Å². The quantitative estimate of drug-likeness (QED) is 0.712. The molecule has 2 aliphatic rings. The predicted molar refractivity (Wildman–Crippen MR) is 89.2 cm³/mol. The predicted octanol–water partition coefficient (Wildman–Crippen LogP) is 4.54. The van der Waals surface area contributed by atoms with Gasteiger partial charge in [0.1, 0.15) is 0 Å². The van der Waals surface area contributed by atoms with Crippen LogP contribution in [0.4, 0.5) is 13.2 Å². The van der Waals surface area contributed by atoms with Crippen LogP contribution in [0.15, 0.2) is 24.3 Å². The number of morpholine rings is 1. The third-order valence-corrected chi connectivity index (χ3v) is 5.06. The van der Waals surface area contributed by atoms with Gasteiger partial charge >= 0.3 is 6.18 Å². The summed E-state index contributed by atoms with van der Waals surface area (Å²) in [5.41, 5.74) is -0.610. The molecule has 0 spiro atoms. The molecular weight excluding hydrogens is 355 g/mol. The second-order valence-electron chi connectivity index (χ2n) is 6.36. The highest BCUT2D eigenvalue weighted by Gasteiger charge is 2.36. The first-order valence-electron chi connectivity index (χ1n) is 8.33. The number of ether oxygens (including phenoxy) is 1. The Morgan fingerprint density at radius 2 is 2.04 bits per heavy atom. The molecule has 1 saturated heterocycles. The molecule has 1 aromatic rings. The van der Waals surface area contributed by atoms with Gasteiger partial charge in [-0.25, -0.2) is 0 Å². The molecule has 3 rings (SSSR count). The highest BCUT2D eigenvalue weighted by Crippen LogP contribution is 2.35. The van der Waals surface area contributed by atoms with E-state index in [2.05, 4.69) is 0 Å². The monoisotopic (exact) mass is 373 g/mol. The van der Waals surface area contributed by atoms with E-state index in [-0.39, 0.29) is 23.1 Å². The fourth-order valence-corrected chi connectivity index (χ4v) is 3.72. The van der Waals surface area contributed by atoms with Crippen molar-refractivity contribution in [2.75, 3.05) is 13.2 Å². The van der Waals surface area contributed by atoms with E-state index < -0.39 is 11.7 Å². The Hall–Kier alpha value is -1.53. The average Bonchev–Trinajstić information content (AvgIpc) is 2.59. The van der Waals surface area contributed by atoms with Crippen LogP contribution in [-0.2, 0) is 15.7 Å². The molecule has 3 nitrogen and oxygen atoms in total. The second-order valence-corrected chi connectivity index (χ2v) is 6.77. The lowest BCUT2D eigenvalue weighted by molar-refractivity contribution is -0.144. The Balaban J connectivity index is 1.74. The van der Waals surface area contributed by atoms with Crippen molar-refractivity contribution in [2.24, 2.45) is 0 Å². The van der Waals surface area contributed by atoms with Gasteiger partial charge in [-0.15, -0.1) is 0 Å². The molecule has 2 fully saturated rings. The second kappa shape index (κ2) is 7.38. The number of nitrogens with zero attached hydrogens (tertiary/aromatic N) is 1. The number of fused-ring (bicyclic) bond motifs is 1. The van der Waals surface area contributed by atoms with Crippen LogP contribution < -0.4 is 0 Å². The topological polar surface area (TPSA) is 29.5 Å². The number of rotatable bonds is 2. The fourth-order valence-electron chi connectivity index (χ4n) is 3.50. The zero-order valence-corrected chi connectivity index (χ0v) is 14.3. The van der Waals surface area contributed by atoms with Crippen LogP contribution in [0.2, 0.25) is 5.02 Å². The minimum absolute atomic E-state index is 0.0654. The van der Waals surface area contributed by atoms with E-state index in [1.54, 1.807) is 4.90 Å². The summed E-state index contributed by atoms with van der Waals surface area (Å²) < 4.78 is 44.5. The molecule has 1 saturated carbocycles. The van der Waals surface area contributed by atoms with E-state index in [9.17, 15) is 18.0 Å². The van der Waals surface area contributed by atoms with Gasteiger partial charge < -0.3 is 9.64 Å². The molecule has 1 aromatic carbocycles. The molecule has 25 heavy (non-hydrogen) atoms. The van der Waals surface area contributed by atoms with Crippen LogP contribution in [0.3, 0.4) is 0 Å². The number of carbonyl (C=O) groups is 1. The van der Waals surface area contributed by atoms with Gasteiger partial charge in [0, 0.05) is 12.6 Å². The number of amides is 1. The minimum Gasteiger partial charge on any atom is -0.374 e. The molecule has 0 radical (unpaired) electrons. The van der Waals surface area contributed by atoms with E-state index in [0.717, 1.165) is 31.7 Å². The smallest absolute Gasteiger partial charge is 0.374 e. The maximum absolute atomic E-state index is 12.9. The van der Waals surface area contributed by atoms with Crippen molar-refractivity contribution in [1.29, 1.82) is 0 Å². The molecule has 1 heterocycles. The van der Waals surface area contributed by atoms with Gasteiger partial charge in [0.15, 0.2) is 0 Å². The third-order valence-electron chi connectivity index (χ3n) is 4.73. The number of carbonyl (C=O) groups excluding carboxylic acids is 1. The summed E-state index contributed by atoms with van der Waals surface area (Å²) in [5.74, 6) is -0.191. The van der Waals surface area contributed by atoms with Crippen LogP contribution >= 0.6 is 11.6 Å². The summed E-state index contributed by atoms with van der Waals surface area (Å²) in [6.07, 6.45) is 2.31. The fraction of sp³-hybridized carbons (Fsp3) is 0.500. The van der Waals surface area contributed by atoms with Crippen molar-refractivity contribution in [1.82, 2.24) is 4.90 Å². The lowest BCUT2D eigenvalue weighted by Gasteiger charge is -2.43. The van der Waals surface area contributed by atoms with Crippen LogP contribution in [0.1, 0.15) is 36.8 Å². The van der Waals surface area contributed by atoms with Gasteiger partial charge in [-0.1, -0.05) is 30.5 Å². The molecule has 0 aromatic heterocycles. The molecule has 1 aliphatic carbocycles. The summed E-state index contributed by atoms with van der Waals surface area (Å²) in [4.78, 5) is 14.3. The molecule has 2 unspecified atom stereocenters. The van der Waals surface area contributed by atoms with E-state index in [1.165, 1.54) is 24.3 Å². The highest BCUT2D eigenvalue weighted by molar-refractivity contribution is 6.31. The van der Waals surface area contributed by atoms with Crippen molar-refractivity contribution < 1.29 is 22.7 Å². The maximum Gasteiger partial charge on any atom is 0.417 e. The molecule has 7 heteroatoms. The highest BCUT2D eigenvalue weighted by atomic mass is 35.5. The van der Waals surface area contributed by atoms with Crippen molar-refractivity contribution in [2.45, 2.75) is 44.0 Å². The van der Waals surface area contributed by atoms with Gasteiger partial charge in [-0.3, -0.25) is 4.79 Å². The summed E-state index contributed by atoms with van der Waals surface area (Å²) >= 11 is 5.61. The number of benzene rings is 1. The zero-order valence-electron chi connectivity index (χ0n) is 13.6. The minimum atomic E-state index is -4.52. The lowest BCUT2D eigenvalue weighted by atomic mass is 9.90. The Morgan fingerprint density at radius 3 is 2.80 bits per heavy atom. The normalized spacial score (nSPS) is 24.4. The maximum atomic E-state index is 12.9. The number of halogens is 4. The molecule has 136 valence electrons. The standard InChI is InChI=1S/C18H19ClF3NO2/c19-14-7-5-12(11-13(14)18(20,21)22)6-8-17(24)23-9-10-25-16-4-2-1-3-15(16)23/h5-8,11,15-16H,1-4,9-10H2/b8-6+. The Labute approximate surface area is 149 Å². The Bertz CT molecular complexity index is 673. The van der Waals surface area contributed by atoms with E-state index in [4.69, 9.17) is 16.3 Å². The lowest BCUT2D eigenvalue weighted by Crippen LogP contribution is -2.54. The first-order valence-corrected chi connectivity index (χ1v) is 8.71.